The van der Waals surface area contributed by atoms with Crippen molar-refractivity contribution in [2.75, 3.05) is 19.4 Å². The molecule has 2 aromatic heterocycles. The van der Waals surface area contributed by atoms with Crippen LogP contribution in [0.15, 0.2) is 27.6 Å². The van der Waals surface area contributed by atoms with Crippen molar-refractivity contribution < 1.29 is 0 Å². The molecule has 4 nitrogen and oxygen atoms in total. The summed E-state index contributed by atoms with van der Waals surface area (Å²) in [6.45, 7) is 1.71. The zero-order valence-electron chi connectivity index (χ0n) is 10.4. The van der Waals surface area contributed by atoms with Crippen molar-refractivity contribution >= 4 is 33.1 Å². The molecule has 18 heavy (non-hydrogen) atoms. The van der Waals surface area contributed by atoms with Gasteiger partial charge in [-0.3, -0.25) is 9.88 Å². The largest absolute Gasteiger partial charge is 0.372 e. The summed E-state index contributed by atoms with van der Waals surface area (Å²) < 4.78 is 1.17. The molecule has 0 bridgehead atoms. The summed E-state index contributed by atoms with van der Waals surface area (Å²) in [5.41, 5.74) is 2.29. The lowest BCUT2D eigenvalue weighted by atomic mass is 10.3. The molecule has 0 saturated carbocycles. The van der Waals surface area contributed by atoms with Gasteiger partial charge in [-0.25, -0.2) is 4.98 Å². The van der Waals surface area contributed by atoms with Crippen LogP contribution in [-0.4, -0.2) is 29.0 Å². The van der Waals surface area contributed by atoms with E-state index in [0.717, 1.165) is 24.6 Å². The van der Waals surface area contributed by atoms with Gasteiger partial charge in [0.25, 0.3) is 0 Å². The molecule has 2 aromatic rings. The molecule has 0 fully saturated rings. The summed E-state index contributed by atoms with van der Waals surface area (Å²) in [6, 6.07) is 2.15. The summed E-state index contributed by atoms with van der Waals surface area (Å²) in [7, 11) is 3.92. The third kappa shape index (κ3) is 3.76. The van der Waals surface area contributed by atoms with Gasteiger partial charge in [0.1, 0.15) is 5.82 Å². The van der Waals surface area contributed by atoms with Crippen molar-refractivity contribution in [1.82, 2.24) is 14.9 Å². The third-order valence-electron chi connectivity index (χ3n) is 2.47. The number of anilines is 1. The van der Waals surface area contributed by atoms with Gasteiger partial charge < -0.3 is 5.32 Å². The minimum absolute atomic E-state index is 0.795. The monoisotopic (exact) mass is 326 g/mol. The molecular weight excluding hydrogens is 312 g/mol. The average Bonchev–Trinajstić information content (AvgIpc) is 2.75. The van der Waals surface area contributed by atoms with Gasteiger partial charge >= 0.3 is 0 Å². The molecule has 2 heterocycles. The van der Waals surface area contributed by atoms with Crippen LogP contribution in [0.2, 0.25) is 0 Å². The molecule has 0 aliphatic rings. The first-order chi connectivity index (χ1) is 8.67. The lowest BCUT2D eigenvalue weighted by Crippen LogP contribution is -2.17. The lowest BCUT2D eigenvalue weighted by molar-refractivity contribution is 0.315. The number of nitrogens with zero attached hydrogens (tertiary/aromatic N) is 3. The summed E-state index contributed by atoms with van der Waals surface area (Å²) in [6.07, 6.45) is 3.57. The van der Waals surface area contributed by atoms with Crippen LogP contribution >= 0.6 is 27.3 Å². The van der Waals surface area contributed by atoms with Gasteiger partial charge in [-0.05, 0) is 40.0 Å². The first kappa shape index (κ1) is 13.5. The predicted octanol–water partition coefficient (Wildman–Crippen LogP) is 2.97. The molecule has 0 atom stereocenters. The topological polar surface area (TPSA) is 41.1 Å². The zero-order chi connectivity index (χ0) is 13.0. The Morgan fingerprint density at radius 1 is 1.33 bits per heavy atom. The van der Waals surface area contributed by atoms with Crippen molar-refractivity contribution in [2.24, 2.45) is 0 Å². The highest BCUT2D eigenvalue weighted by atomic mass is 79.9. The van der Waals surface area contributed by atoms with Crippen LogP contribution in [0, 0.1) is 0 Å². The smallest absolute Gasteiger partial charge is 0.144 e. The van der Waals surface area contributed by atoms with Gasteiger partial charge in [0.15, 0.2) is 0 Å². The highest BCUT2D eigenvalue weighted by Crippen LogP contribution is 2.21. The van der Waals surface area contributed by atoms with Crippen LogP contribution in [0.3, 0.4) is 0 Å². The van der Waals surface area contributed by atoms with Crippen LogP contribution in [0.4, 0.5) is 5.82 Å². The maximum Gasteiger partial charge on any atom is 0.144 e. The number of thiophene rings is 1. The van der Waals surface area contributed by atoms with Crippen molar-refractivity contribution in [1.29, 1.82) is 0 Å². The minimum atomic E-state index is 0.795. The molecule has 0 spiro atoms. The van der Waals surface area contributed by atoms with Crippen molar-refractivity contribution in [3.63, 3.8) is 0 Å². The number of aromatic nitrogens is 2. The van der Waals surface area contributed by atoms with Crippen LogP contribution in [-0.2, 0) is 13.1 Å². The summed E-state index contributed by atoms with van der Waals surface area (Å²) in [5, 5.41) is 5.12. The van der Waals surface area contributed by atoms with Gasteiger partial charge in [0.2, 0.25) is 0 Å². The molecule has 0 saturated heterocycles. The number of rotatable bonds is 5. The van der Waals surface area contributed by atoms with Crippen molar-refractivity contribution in [3.8, 4) is 0 Å². The van der Waals surface area contributed by atoms with E-state index < -0.39 is 0 Å². The van der Waals surface area contributed by atoms with Gasteiger partial charge in [-0.15, -0.1) is 11.3 Å². The highest BCUT2D eigenvalue weighted by molar-refractivity contribution is 9.11. The van der Waals surface area contributed by atoms with Gasteiger partial charge in [0, 0.05) is 20.1 Å². The van der Waals surface area contributed by atoms with E-state index in [1.807, 2.05) is 13.2 Å². The van der Waals surface area contributed by atoms with E-state index in [9.17, 15) is 0 Å². The summed E-state index contributed by atoms with van der Waals surface area (Å²) >= 11 is 5.19. The highest BCUT2D eigenvalue weighted by Gasteiger charge is 2.05. The van der Waals surface area contributed by atoms with Gasteiger partial charge in [-0.1, -0.05) is 0 Å². The molecule has 0 aliphatic heterocycles. The van der Waals surface area contributed by atoms with E-state index in [4.69, 9.17) is 0 Å². The Balaban J connectivity index is 1.91. The van der Waals surface area contributed by atoms with E-state index in [0.29, 0.717) is 0 Å². The van der Waals surface area contributed by atoms with Crippen LogP contribution in [0.5, 0.6) is 0 Å². The second-order valence-corrected chi connectivity index (χ2v) is 6.36. The molecular formula is C12H15BrN4S. The fourth-order valence-corrected chi connectivity index (χ4v) is 2.84. The summed E-state index contributed by atoms with van der Waals surface area (Å²) in [5.74, 6) is 0.795. The van der Waals surface area contributed by atoms with Crippen LogP contribution in [0.25, 0.3) is 0 Å². The standard InChI is InChI=1S/C12H15BrN4S/c1-14-12-5-15-10(4-16-12)7-17(2)6-9-3-11(13)18-8-9/h3-5,8H,6-7H2,1-2H3,(H,14,16). The first-order valence-corrected chi connectivity index (χ1v) is 7.25. The molecule has 96 valence electrons. The average molecular weight is 327 g/mol. The first-order valence-electron chi connectivity index (χ1n) is 5.57. The SMILES string of the molecule is CNc1cnc(CN(C)Cc2csc(Br)c2)cn1. The molecule has 0 aliphatic carbocycles. The van der Waals surface area contributed by atoms with E-state index in [2.05, 4.69) is 54.6 Å². The molecule has 2 rings (SSSR count). The fraction of sp³-hybridized carbons (Fsp3) is 0.333. The van der Waals surface area contributed by atoms with Gasteiger partial charge in [-0.2, -0.15) is 0 Å². The Morgan fingerprint density at radius 3 is 2.72 bits per heavy atom. The fourth-order valence-electron chi connectivity index (χ4n) is 1.64. The second-order valence-electron chi connectivity index (χ2n) is 4.07. The zero-order valence-corrected chi connectivity index (χ0v) is 12.8. The molecule has 1 N–H and O–H groups in total. The number of hydrogen-bond donors (Lipinski definition) is 1. The van der Waals surface area contributed by atoms with E-state index >= 15 is 0 Å². The normalized spacial score (nSPS) is 10.9. The molecule has 6 heteroatoms. The van der Waals surface area contributed by atoms with E-state index in [-0.39, 0.29) is 0 Å². The van der Waals surface area contributed by atoms with Crippen molar-refractivity contribution in [3.05, 3.63) is 38.9 Å². The minimum Gasteiger partial charge on any atom is -0.372 e. The quantitative estimate of drug-likeness (QED) is 0.917. The third-order valence-corrected chi connectivity index (χ3v) is 4.02. The van der Waals surface area contributed by atoms with Gasteiger partial charge in [0.05, 0.1) is 21.9 Å². The van der Waals surface area contributed by atoms with E-state index in [1.165, 1.54) is 9.35 Å². The maximum absolute atomic E-state index is 4.36. The number of nitrogens with one attached hydrogen (secondary N) is 1. The Morgan fingerprint density at radius 2 is 2.17 bits per heavy atom. The Labute approximate surface area is 119 Å². The second kappa shape index (κ2) is 6.26. The maximum atomic E-state index is 4.36. The molecule has 0 radical (unpaired) electrons. The Bertz CT molecular complexity index is 497. The predicted molar refractivity (Wildman–Crippen MR) is 78.8 cm³/mol. The molecule has 0 amide bonds. The van der Waals surface area contributed by atoms with Crippen LogP contribution in [0.1, 0.15) is 11.3 Å². The Hall–Kier alpha value is -0.980. The van der Waals surface area contributed by atoms with Crippen molar-refractivity contribution in [2.45, 2.75) is 13.1 Å². The molecule has 0 aromatic carbocycles. The number of halogens is 1. The lowest BCUT2D eigenvalue weighted by Gasteiger charge is -2.15. The Kier molecular flexibility index (Phi) is 4.68. The van der Waals surface area contributed by atoms with E-state index in [1.54, 1.807) is 17.5 Å². The van der Waals surface area contributed by atoms with Crippen LogP contribution < -0.4 is 5.32 Å². The molecule has 0 unspecified atom stereocenters. The summed E-state index contributed by atoms with van der Waals surface area (Å²) in [4.78, 5) is 10.8. The number of hydrogen-bond acceptors (Lipinski definition) is 5.